The van der Waals surface area contributed by atoms with Crippen LogP contribution in [0, 0.1) is 0 Å². The number of hydrogen-bond donors (Lipinski definition) is 0. The molecule has 130 valence electrons. The molecule has 0 amide bonds. The van der Waals surface area contributed by atoms with E-state index in [0.717, 1.165) is 27.8 Å². The molecule has 0 aliphatic rings. The highest BCUT2D eigenvalue weighted by molar-refractivity contribution is 9.10. The van der Waals surface area contributed by atoms with Crippen LogP contribution in [-0.2, 0) is 0 Å². The van der Waals surface area contributed by atoms with Crippen molar-refractivity contribution in [2.24, 2.45) is 4.40 Å². The number of alkyl halides is 3. The van der Waals surface area contributed by atoms with Crippen LogP contribution in [0.4, 0.5) is 0 Å². The first-order valence-corrected chi connectivity index (χ1v) is 16.7. The van der Waals surface area contributed by atoms with E-state index in [9.17, 15) is 0 Å². The Balaban J connectivity index is 3.46. The molecule has 2 nitrogen and oxygen atoms in total. The van der Waals surface area contributed by atoms with E-state index in [1.165, 1.54) is 0 Å². The molecule has 0 fully saturated rings. The maximum atomic E-state index is 5.91. The van der Waals surface area contributed by atoms with E-state index in [-0.39, 0.29) is 0 Å². The van der Waals surface area contributed by atoms with Crippen LogP contribution < -0.4 is 0 Å². The molecule has 0 spiro atoms. The summed E-state index contributed by atoms with van der Waals surface area (Å²) in [7, 11) is -3.34. The third-order valence-corrected chi connectivity index (χ3v) is 11.6. The minimum Gasteiger partial charge on any atom is -0.409 e. The van der Waals surface area contributed by atoms with Crippen molar-refractivity contribution >= 4 is 85.0 Å². The van der Waals surface area contributed by atoms with Gasteiger partial charge in [-0.1, -0.05) is 102 Å². The number of rotatable bonds is 4. The van der Waals surface area contributed by atoms with Crippen molar-refractivity contribution in [1.29, 1.82) is 0 Å². The highest BCUT2D eigenvalue weighted by Gasteiger charge is 2.38. The Morgan fingerprint density at radius 3 is 1.78 bits per heavy atom. The summed E-state index contributed by atoms with van der Waals surface area (Å²) in [6.45, 7) is 13.9. The Morgan fingerprint density at radius 1 is 1.00 bits per heavy atom. The van der Waals surface area contributed by atoms with Crippen molar-refractivity contribution in [2.75, 3.05) is 0 Å². The van der Waals surface area contributed by atoms with E-state index in [1.807, 2.05) is 12.1 Å². The molecule has 1 rings (SSSR count). The van der Waals surface area contributed by atoms with E-state index >= 15 is 0 Å². The third kappa shape index (κ3) is 7.30. The Labute approximate surface area is 169 Å². The smallest absolute Gasteiger partial charge is 0.258 e. The minimum atomic E-state index is -1.67. The Kier molecular flexibility index (Phi) is 7.62. The first-order chi connectivity index (χ1) is 10.2. The summed E-state index contributed by atoms with van der Waals surface area (Å²) < 4.78 is 6.73. The van der Waals surface area contributed by atoms with Crippen LogP contribution in [0.3, 0.4) is 0 Å². The molecule has 0 unspecified atom stereocenters. The Hall–Kier alpha value is 0.824. The quantitative estimate of drug-likeness (QED) is 0.146. The fourth-order valence-electron chi connectivity index (χ4n) is 2.56. The van der Waals surface area contributed by atoms with Gasteiger partial charge >= 0.3 is 0 Å². The summed E-state index contributed by atoms with van der Waals surface area (Å²) in [5, 5.41) is 0. The van der Waals surface area contributed by atoms with E-state index in [2.05, 4.69) is 76.0 Å². The van der Waals surface area contributed by atoms with Gasteiger partial charge in [-0.25, -0.2) is 0 Å². The minimum absolute atomic E-state index is 0.909. The lowest BCUT2D eigenvalue weighted by atomic mass is 10.2. The molecule has 9 heteroatoms. The van der Waals surface area contributed by atoms with Crippen molar-refractivity contribution in [3.63, 3.8) is 0 Å². The van der Waals surface area contributed by atoms with E-state index in [0.29, 0.717) is 0 Å². The SMILES string of the molecule is C[Si](C)(C)N(/C(=N\SC(Cl)(Cl)Cl)c1ccc(Br)cc1)[Si](C)(C)C. The van der Waals surface area contributed by atoms with Gasteiger partial charge in [0.15, 0.2) is 0 Å². The summed E-state index contributed by atoms with van der Waals surface area (Å²) >= 11 is 22.2. The van der Waals surface area contributed by atoms with Gasteiger partial charge < -0.3 is 4.23 Å². The van der Waals surface area contributed by atoms with Gasteiger partial charge in [-0.05, 0) is 12.1 Å². The van der Waals surface area contributed by atoms with Gasteiger partial charge in [0.25, 0.3) is 3.12 Å². The zero-order valence-corrected chi connectivity index (χ0v) is 20.8. The van der Waals surface area contributed by atoms with Gasteiger partial charge in [0.1, 0.15) is 22.3 Å². The molecule has 0 bridgehead atoms. The molecule has 0 heterocycles. The van der Waals surface area contributed by atoms with Gasteiger partial charge in [0, 0.05) is 22.0 Å². The second-order valence-electron chi connectivity index (χ2n) is 7.14. The van der Waals surface area contributed by atoms with Crippen molar-refractivity contribution < 1.29 is 0 Å². The van der Waals surface area contributed by atoms with Crippen molar-refractivity contribution in [3.05, 3.63) is 34.3 Å². The second-order valence-corrected chi connectivity index (χ2v) is 22.0. The highest BCUT2D eigenvalue weighted by Crippen LogP contribution is 2.40. The molecular weight excluding hydrogens is 471 g/mol. The standard InChI is InChI=1S/C14H22BrCl3N2SSi2/c1-22(2,3)20(23(4,5)6)13(19-21-14(16,17)18)11-7-9-12(15)10-8-11/h7-10H,1-6H3/b19-13-. The van der Waals surface area contributed by atoms with Crippen LogP contribution >= 0.6 is 62.7 Å². The van der Waals surface area contributed by atoms with Crippen LogP contribution in [-0.4, -0.2) is 29.7 Å². The summed E-state index contributed by atoms with van der Waals surface area (Å²) in [5.41, 5.74) is 1.04. The third-order valence-electron chi connectivity index (χ3n) is 2.89. The normalized spacial score (nSPS) is 14.1. The molecular formula is C14H22BrCl3N2SSi2. The molecule has 1 aromatic carbocycles. The second kappa shape index (κ2) is 8.02. The van der Waals surface area contributed by atoms with Gasteiger partial charge in [-0.3, -0.25) is 0 Å². The van der Waals surface area contributed by atoms with E-state index in [4.69, 9.17) is 34.8 Å². The van der Waals surface area contributed by atoms with Crippen molar-refractivity contribution in [2.45, 2.75) is 42.4 Å². The fraction of sp³-hybridized carbons (Fsp3) is 0.500. The monoisotopic (exact) mass is 490 g/mol. The molecule has 0 radical (unpaired) electrons. The molecule has 0 N–H and O–H groups in total. The van der Waals surface area contributed by atoms with Gasteiger partial charge in [0.2, 0.25) is 0 Å². The van der Waals surface area contributed by atoms with E-state index in [1.54, 1.807) is 0 Å². The average molecular weight is 493 g/mol. The lowest BCUT2D eigenvalue weighted by Crippen LogP contribution is -2.61. The lowest BCUT2D eigenvalue weighted by Gasteiger charge is -2.46. The topological polar surface area (TPSA) is 15.6 Å². The van der Waals surface area contributed by atoms with Crippen LogP contribution in [0.2, 0.25) is 39.3 Å². The fourth-order valence-corrected chi connectivity index (χ4v) is 13.3. The van der Waals surface area contributed by atoms with Gasteiger partial charge in [-0.15, -0.1) is 0 Å². The first-order valence-electron chi connectivity index (χ1n) is 7.11. The predicted octanol–water partition coefficient (Wildman–Crippen LogP) is 7.14. The number of amidine groups is 1. The summed E-state index contributed by atoms with van der Waals surface area (Å²) in [4.78, 5) is 0. The Morgan fingerprint density at radius 2 is 1.43 bits per heavy atom. The largest absolute Gasteiger partial charge is 0.409 e. The number of halogens is 4. The molecule has 0 saturated carbocycles. The summed E-state index contributed by atoms with van der Waals surface area (Å²) in [6, 6.07) is 8.12. The van der Waals surface area contributed by atoms with Crippen LogP contribution in [0.5, 0.6) is 0 Å². The average Bonchev–Trinajstić information content (AvgIpc) is 2.31. The molecule has 0 aliphatic carbocycles. The summed E-state index contributed by atoms with van der Waals surface area (Å²) in [6.07, 6.45) is 0. The zero-order valence-electron chi connectivity index (χ0n) is 14.1. The van der Waals surface area contributed by atoms with Crippen molar-refractivity contribution in [3.8, 4) is 0 Å². The molecule has 0 saturated heterocycles. The maximum absolute atomic E-state index is 5.91. The number of benzene rings is 1. The molecule has 1 aromatic rings. The molecule has 0 atom stereocenters. The van der Waals surface area contributed by atoms with Crippen LogP contribution in [0.1, 0.15) is 5.56 Å². The van der Waals surface area contributed by atoms with Crippen molar-refractivity contribution in [1.82, 2.24) is 4.23 Å². The Bertz CT molecular complexity index is 549. The zero-order chi connectivity index (χ0) is 18.1. The maximum Gasteiger partial charge on any atom is 0.258 e. The van der Waals surface area contributed by atoms with Gasteiger partial charge in [0.05, 0.1) is 0 Å². The van der Waals surface area contributed by atoms with Gasteiger partial charge in [-0.2, -0.15) is 4.40 Å². The lowest BCUT2D eigenvalue weighted by molar-refractivity contribution is 0.902. The number of nitrogens with zero attached hydrogens (tertiary/aromatic N) is 2. The highest BCUT2D eigenvalue weighted by atomic mass is 79.9. The predicted molar refractivity (Wildman–Crippen MR) is 117 cm³/mol. The summed E-state index contributed by atoms with van der Waals surface area (Å²) in [5.74, 6) is 0.909. The van der Waals surface area contributed by atoms with Crippen LogP contribution in [0.25, 0.3) is 0 Å². The van der Waals surface area contributed by atoms with E-state index < -0.39 is 19.6 Å². The first kappa shape index (κ1) is 21.9. The molecule has 23 heavy (non-hydrogen) atoms. The molecule has 0 aliphatic heterocycles. The number of hydrogen-bond acceptors (Lipinski definition) is 2. The molecule has 0 aromatic heterocycles. The van der Waals surface area contributed by atoms with Crippen LogP contribution in [0.15, 0.2) is 33.1 Å².